The van der Waals surface area contributed by atoms with Gasteiger partial charge in [-0.1, -0.05) is 0 Å². The fraction of sp³-hybridized carbons (Fsp3) is 0.636. The summed E-state index contributed by atoms with van der Waals surface area (Å²) in [5, 5.41) is 4.13. The number of piperidine rings is 1. The minimum Gasteiger partial charge on any atom is -0.396 e. The number of carbonyl (C=O) groups excluding carboxylic acids is 1. The lowest BCUT2D eigenvalue weighted by Gasteiger charge is -2.29. The zero-order valence-electron chi connectivity index (χ0n) is 10.1. The van der Waals surface area contributed by atoms with Crippen LogP contribution in [0.1, 0.15) is 23.3 Å². The molecular formula is C11H19N5O. The molecule has 1 aliphatic rings. The van der Waals surface area contributed by atoms with Gasteiger partial charge in [-0.2, -0.15) is 5.10 Å². The van der Waals surface area contributed by atoms with E-state index in [9.17, 15) is 4.79 Å². The van der Waals surface area contributed by atoms with Crippen LogP contribution >= 0.6 is 0 Å². The first kappa shape index (κ1) is 11.9. The van der Waals surface area contributed by atoms with E-state index < -0.39 is 5.91 Å². The average Bonchev–Trinajstić information content (AvgIpc) is 2.59. The van der Waals surface area contributed by atoms with E-state index in [2.05, 4.69) is 17.0 Å². The van der Waals surface area contributed by atoms with Gasteiger partial charge in [0.1, 0.15) is 0 Å². The smallest absolute Gasteiger partial charge is 0.271 e. The molecule has 1 aromatic rings. The van der Waals surface area contributed by atoms with Crippen molar-refractivity contribution in [2.75, 3.05) is 25.9 Å². The molecule has 0 saturated carbocycles. The van der Waals surface area contributed by atoms with Gasteiger partial charge in [0, 0.05) is 19.3 Å². The van der Waals surface area contributed by atoms with Crippen LogP contribution in [0.3, 0.4) is 0 Å². The Kier molecular flexibility index (Phi) is 3.33. The standard InChI is InChI=1S/C11H19N5O/c1-15-4-2-3-8(5-15)6-16-7-9(12)10(14-16)11(13)17/h7-8H,2-6,12H2,1H3,(H2,13,17). The van der Waals surface area contributed by atoms with Gasteiger partial charge in [-0.15, -0.1) is 0 Å². The molecule has 4 N–H and O–H groups in total. The van der Waals surface area contributed by atoms with Crippen molar-refractivity contribution in [3.63, 3.8) is 0 Å². The summed E-state index contributed by atoms with van der Waals surface area (Å²) >= 11 is 0. The third-order valence-electron chi connectivity index (χ3n) is 3.19. The van der Waals surface area contributed by atoms with Crippen molar-refractivity contribution in [2.24, 2.45) is 11.7 Å². The monoisotopic (exact) mass is 237 g/mol. The van der Waals surface area contributed by atoms with Crippen LogP contribution in [0.25, 0.3) is 0 Å². The van der Waals surface area contributed by atoms with Gasteiger partial charge in [-0.05, 0) is 32.4 Å². The highest BCUT2D eigenvalue weighted by molar-refractivity contribution is 5.95. The number of nitrogens with two attached hydrogens (primary N) is 2. The first-order chi connectivity index (χ1) is 8.06. The highest BCUT2D eigenvalue weighted by Gasteiger charge is 2.19. The molecule has 6 heteroatoms. The van der Waals surface area contributed by atoms with E-state index in [4.69, 9.17) is 11.5 Å². The number of nitrogens with zero attached hydrogens (tertiary/aromatic N) is 3. The van der Waals surface area contributed by atoms with Crippen molar-refractivity contribution >= 4 is 11.6 Å². The second-order valence-corrected chi connectivity index (χ2v) is 4.79. The number of likely N-dealkylation sites (tertiary alicyclic amines) is 1. The van der Waals surface area contributed by atoms with E-state index in [1.54, 1.807) is 10.9 Å². The minimum atomic E-state index is -0.568. The van der Waals surface area contributed by atoms with Crippen molar-refractivity contribution in [3.05, 3.63) is 11.9 Å². The summed E-state index contributed by atoms with van der Waals surface area (Å²) in [7, 11) is 2.12. The first-order valence-corrected chi connectivity index (χ1v) is 5.87. The Morgan fingerprint density at radius 3 is 3.00 bits per heavy atom. The fourth-order valence-corrected chi connectivity index (χ4v) is 2.41. The lowest BCUT2D eigenvalue weighted by molar-refractivity contribution is 0.0995. The SMILES string of the molecule is CN1CCCC(Cn2cc(N)c(C(N)=O)n2)C1. The van der Waals surface area contributed by atoms with Gasteiger partial charge in [-0.25, -0.2) is 0 Å². The van der Waals surface area contributed by atoms with Gasteiger partial charge in [-0.3, -0.25) is 9.48 Å². The van der Waals surface area contributed by atoms with E-state index in [0.717, 1.165) is 19.6 Å². The Morgan fingerprint density at radius 2 is 2.41 bits per heavy atom. The second kappa shape index (κ2) is 4.75. The van der Waals surface area contributed by atoms with Crippen molar-refractivity contribution in [2.45, 2.75) is 19.4 Å². The van der Waals surface area contributed by atoms with Crippen LogP contribution in [-0.4, -0.2) is 40.7 Å². The maximum Gasteiger partial charge on any atom is 0.271 e. The van der Waals surface area contributed by atoms with E-state index in [-0.39, 0.29) is 5.69 Å². The lowest BCUT2D eigenvalue weighted by Crippen LogP contribution is -2.34. The highest BCUT2D eigenvalue weighted by Crippen LogP contribution is 2.18. The number of anilines is 1. The normalized spacial score (nSPS) is 21.6. The Bertz CT molecular complexity index is 414. The molecule has 0 aliphatic carbocycles. The number of nitrogen functional groups attached to an aromatic ring is 1. The highest BCUT2D eigenvalue weighted by atomic mass is 16.1. The molecule has 1 amide bonds. The van der Waals surface area contributed by atoms with Crippen molar-refractivity contribution in [1.82, 2.24) is 14.7 Å². The molecule has 0 radical (unpaired) electrons. The maximum atomic E-state index is 11.0. The maximum absolute atomic E-state index is 11.0. The second-order valence-electron chi connectivity index (χ2n) is 4.79. The number of rotatable bonds is 3. The predicted octanol–water partition coefficient (Wildman–Crippen LogP) is -0.0940. The van der Waals surface area contributed by atoms with Crippen LogP contribution in [0.5, 0.6) is 0 Å². The largest absolute Gasteiger partial charge is 0.396 e. The topological polar surface area (TPSA) is 90.2 Å². The molecule has 1 aliphatic heterocycles. The van der Waals surface area contributed by atoms with Gasteiger partial charge in [0.15, 0.2) is 5.69 Å². The third-order valence-corrected chi connectivity index (χ3v) is 3.19. The number of amides is 1. The predicted molar refractivity (Wildman–Crippen MR) is 65.4 cm³/mol. The molecule has 0 bridgehead atoms. The zero-order valence-corrected chi connectivity index (χ0v) is 10.1. The Balaban J connectivity index is 2.03. The van der Waals surface area contributed by atoms with Crippen LogP contribution in [0.15, 0.2) is 6.20 Å². The molecule has 94 valence electrons. The quantitative estimate of drug-likeness (QED) is 0.768. The van der Waals surface area contributed by atoms with E-state index in [1.165, 1.54) is 12.8 Å². The number of hydrogen-bond donors (Lipinski definition) is 2. The number of aromatic nitrogens is 2. The van der Waals surface area contributed by atoms with E-state index in [1.807, 2.05) is 0 Å². The molecule has 0 spiro atoms. The van der Waals surface area contributed by atoms with Crippen LogP contribution in [-0.2, 0) is 6.54 Å². The summed E-state index contributed by atoms with van der Waals surface area (Å²) in [6.45, 7) is 3.01. The molecule has 1 atom stereocenters. The molecule has 6 nitrogen and oxygen atoms in total. The molecule has 1 unspecified atom stereocenters. The van der Waals surface area contributed by atoms with Gasteiger partial charge in [0.25, 0.3) is 5.91 Å². The Hall–Kier alpha value is -1.56. The number of hydrogen-bond acceptors (Lipinski definition) is 4. The van der Waals surface area contributed by atoms with Crippen LogP contribution in [0.2, 0.25) is 0 Å². The molecule has 0 aromatic carbocycles. The van der Waals surface area contributed by atoms with Gasteiger partial charge in [0.05, 0.1) is 5.69 Å². The van der Waals surface area contributed by atoms with E-state index >= 15 is 0 Å². The number of primary amides is 1. The average molecular weight is 237 g/mol. The summed E-state index contributed by atoms with van der Waals surface area (Å²) in [5.74, 6) is -0.00390. The number of carbonyl (C=O) groups is 1. The summed E-state index contributed by atoms with van der Waals surface area (Å²) < 4.78 is 1.74. The third kappa shape index (κ3) is 2.76. The minimum absolute atomic E-state index is 0.175. The molecular weight excluding hydrogens is 218 g/mol. The summed E-state index contributed by atoms with van der Waals surface area (Å²) in [6, 6.07) is 0. The van der Waals surface area contributed by atoms with Crippen molar-refractivity contribution in [1.29, 1.82) is 0 Å². The van der Waals surface area contributed by atoms with Crippen molar-refractivity contribution in [3.8, 4) is 0 Å². The molecule has 1 fully saturated rings. The summed E-state index contributed by atoms with van der Waals surface area (Å²) in [6.07, 6.45) is 4.09. The van der Waals surface area contributed by atoms with Gasteiger partial charge >= 0.3 is 0 Å². The summed E-state index contributed by atoms with van der Waals surface area (Å²) in [5.41, 5.74) is 11.4. The first-order valence-electron chi connectivity index (χ1n) is 5.87. The Morgan fingerprint density at radius 1 is 1.65 bits per heavy atom. The molecule has 17 heavy (non-hydrogen) atoms. The van der Waals surface area contributed by atoms with Crippen LogP contribution < -0.4 is 11.5 Å². The van der Waals surface area contributed by atoms with Gasteiger partial charge < -0.3 is 16.4 Å². The molecule has 1 saturated heterocycles. The molecule has 2 heterocycles. The fourth-order valence-electron chi connectivity index (χ4n) is 2.41. The molecule has 1 aromatic heterocycles. The Labute approximate surface area is 101 Å². The lowest BCUT2D eigenvalue weighted by atomic mass is 9.99. The van der Waals surface area contributed by atoms with Crippen LogP contribution in [0.4, 0.5) is 5.69 Å². The van der Waals surface area contributed by atoms with E-state index in [0.29, 0.717) is 11.6 Å². The zero-order chi connectivity index (χ0) is 12.4. The molecule has 2 rings (SSSR count). The summed E-state index contributed by atoms with van der Waals surface area (Å²) in [4.78, 5) is 13.4. The van der Waals surface area contributed by atoms with Crippen LogP contribution in [0, 0.1) is 5.92 Å². The van der Waals surface area contributed by atoms with Crippen molar-refractivity contribution < 1.29 is 4.79 Å². The van der Waals surface area contributed by atoms with Gasteiger partial charge in [0.2, 0.25) is 0 Å².